The van der Waals surface area contributed by atoms with Crippen molar-refractivity contribution >= 4 is 22.7 Å². The molecule has 1 nitrogen and oxygen atoms in total. The zero-order valence-electron chi connectivity index (χ0n) is 25.5. The highest BCUT2D eigenvalue weighted by atomic mass is 32.2. The van der Waals surface area contributed by atoms with E-state index in [2.05, 4.69) is 164 Å². The maximum Gasteiger partial charge on any atom is 0.134 e. The summed E-state index contributed by atoms with van der Waals surface area (Å²) in [5.41, 5.74) is 15.7. The highest BCUT2D eigenvalue weighted by molar-refractivity contribution is 7.99. The average molecular weight is 617 g/mol. The molecule has 0 saturated heterocycles. The molecular weight excluding hydrogens is 589 g/mol. The molecule has 220 valence electrons. The van der Waals surface area contributed by atoms with E-state index < -0.39 is 5.41 Å². The minimum absolute atomic E-state index is 0.454. The summed E-state index contributed by atoms with van der Waals surface area (Å²) >= 11 is 1.90. The average Bonchev–Trinajstić information content (AvgIpc) is 3.74. The Kier molecular flexibility index (Phi) is 5.79. The van der Waals surface area contributed by atoms with Gasteiger partial charge in [0.2, 0.25) is 0 Å². The Morgan fingerprint density at radius 3 is 1.81 bits per heavy atom. The lowest BCUT2D eigenvalue weighted by Crippen LogP contribution is -2.32. The first kappa shape index (κ1) is 26.6. The summed E-state index contributed by atoms with van der Waals surface area (Å²) in [7, 11) is 0. The molecule has 1 aromatic heterocycles. The van der Waals surface area contributed by atoms with Crippen LogP contribution < -0.4 is 0 Å². The van der Waals surface area contributed by atoms with Crippen LogP contribution >= 0.6 is 11.8 Å². The molecule has 1 aliphatic heterocycles. The van der Waals surface area contributed by atoms with Crippen molar-refractivity contribution in [1.29, 1.82) is 0 Å². The van der Waals surface area contributed by atoms with Gasteiger partial charge in [0.05, 0.1) is 11.7 Å². The first-order chi connectivity index (χ1) is 23.3. The van der Waals surface area contributed by atoms with E-state index in [4.69, 9.17) is 4.42 Å². The van der Waals surface area contributed by atoms with Gasteiger partial charge < -0.3 is 4.42 Å². The van der Waals surface area contributed by atoms with E-state index in [9.17, 15) is 0 Å². The van der Waals surface area contributed by atoms with E-state index >= 15 is 0 Å². The number of fused-ring (bicyclic) bond motifs is 11. The van der Waals surface area contributed by atoms with E-state index in [-0.39, 0.29) is 0 Å². The van der Waals surface area contributed by atoms with Gasteiger partial charge in [-0.15, -0.1) is 0 Å². The molecular formula is C45H28OS. The van der Waals surface area contributed by atoms with Crippen LogP contribution in [0.3, 0.4) is 0 Å². The smallest absolute Gasteiger partial charge is 0.134 e. The molecule has 0 bridgehead atoms. The third-order valence-electron chi connectivity index (χ3n) is 10.0. The van der Waals surface area contributed by atoms with Crippen LogP contribution in [0, 0.1) is 0 Å². The molecule has 1 aliphatic carbocycles. The second-order valence-corrected chi connectivity index (χ2v) is 13.5. The molecule has 2 aliphatic rings. The third-order valence-corrected chi connectivity index (χ3v) is 11.2. The third kappa shape index (κ3) is 3.80. The van der Waals surface area contributed by atoms with Crippen molar-refractivity contribution in [3.63, 3.8) is 0 Å². The predicted molar refractivity (Wildman–Crippen MR) is 194 cm³/mol. The van der Waals surface area contributed by atoms with Gasteiger partial charge in [0, 0.05) is 15.2 Å². The van der Waals surface area contributed by atoms with Crippen LogP contribution in [0.4, 0.5) is 0 Å². The number of benzene rings is 7. The van der Waals surface area contributed by atoms with Gasteiger partial charge >= 0.3 is 0 Å². The second-order valence-electron chi connectivity index (χ2n) is 12.4. The van der Waals surface area contributed by atoms with Crippen molar-refractivity contribution in [2.45, 2.75) is 15.2 Å². The molecule has 47 heavy (non-hydrogen) atoms. The predicted octanol–water partition coefficient (Wildman–Crippen LogP) is 12.3. The van der Waals surface area contributed by atoms with Crippen LogP contribution in [0.25, 0.3) is 55.5 Å². The summed E-state index contributed by atoms with van der Waals surface area (Å²) in [4.78, 5) is 2.61. The second kappa shape index (κ2) is 10.2. The van der Waals surface area contributed by atoms with E-state index in [1.165, 1.54) is 81.9 Å². The first-order valence-corrected chi connectivity index (χ1v) is 16.9. The van der Waals surface area contributed by atoms with Crippen LogP contribution in [0.2, 0.25) is 0 Å². The van der Waals surface area contributed by atoms with Crippen LogP contribution in [0.5, 0.6) is 0 Å². The van der Waals surface area contributed by atoms with Crippen molar-refractivity contribution < 1.29 is 4.42 Å². The van der Waals surface area contributed by atoms with Gasteiger partial charge in [-0.1, -0.05) is 139 Å². The summed E-state index contributed by atoms with van der Waals surface area (Å²) in [6.45, 7) is 0. The topological polar surface area (TPSA) is 13.1 Å². The van der Waals surface area contributed by atoms with E-state index in [1.54, 1.807) is 0 Å². The maximum atomic E-state index is 5.94. The van der Waals surface area contributed by atoms with Crippen molar-refractivity contribution in [1.82, 2.24) is 0 Å². The summed E-state index contributed by atoms with van der Waals surface area (Å²) in [6.07, 6.45) is 1.82. The monoisotopic (exact) mass is 616 g/mol. The van der Waals surface area contributed by atoms with Crippen LogP contribution in [0.1, 0.15) is 22.3 Å². The number of hydrogen-bond acceptors (Lipinski definition) is 2. The van der Waals surface area contributed by atoms with Gasteiger partial charge in [0.15, 0.2) is 0 Å². The van der Waals surface area contributed by atoms with E-state index in [1.807, 2.05) is 18.0 Å². The Morgan fingerprint density at radius 2 is 1.04 bits per heavy atom. The van der Waals surface area contributed by atoms with Crippen molar-refractivity contribution in [3.8, 4) is 44.5 Å². The zero-order valence-corrected chi connectivity index (χ0v) is 26.3. The lowest BCUT2D eigenvalue weighted by Gasteiger charge is -2.40. The molecule has 0 saturated carbocycles. The van der Waals surface area contributed by atoms with E-state index in [0.29, 0.717) is 0 Å². The Hall–Kier alpha value is -5.57. The number of rotatable bonds is 3. The zero-order chi connectivity index (χ0) is 31.0. The minimum Gasteiger partial charge on any atom is -0.464 e. The highest BCUT2D eigenvalue weighted by Gasteiger charge is 2.51. The Labute approximate surface area is 278 Å². The first-order valence-electron chi connectivity index (χ1n) is 16.1. The van der Waals surface area contributed by atoms with Crippen LogP contribution in [-0.2, 0) is 5.41 Å². The minimum atomic E-state index is -0.454. The van der Waals surface area contributed by atoms with Crippen LogP contribution in [0.15, 0.2) is 184 Å². The van der Waals surface area contributed by atoms with Gasteiger partial charge in [-0.25, -0.2) is 0 Å². The quantitative estimate of drug-likeness (QED) is 0.196. The Morgan fingerprint density at radius 1 is 0.426 bits per heavy atom. The van der Waals surface area contributed by atoms with Crippen LogP contribution in [-0.4, -0.2) is 0 Å². The summed E-state index contributed by atoms with van der Waals surface area (Å²) in [5.74, 6) is 0. The summed E-state index contributed by atoms with van der Waals surface area (Å²) in [5, 5.41) is 1.17. The molecule has 7 aromatic carbocycles. The molecule has 1 unspecified atom stereocenters. The molecule has 2 heterocycles. The molecule has 0 N–H and O–H groups in total. The summed E-state index contributed by atoms with van der Waals surface area (Å²) < 4.78 is 5.94. The lowest BCUT2D eigenvalue weighted by molar-refractivity contribution is 0.615. The van der Waals surface area contributed by atoms with Gasteiger partial charge in [0.25, 0.3) is 0 Å². The number of furan rings is 1. The molecule has 2 heteroatoms. The van der Waals surface area contributed by atoms with E-state index in [0.717, 1.165) is 5.58 Å². The Bertz CT molecular complexity index is 2430. The highest BCUT2D eigenvalue weighted by Crippen LogP contribution is 2.64. The fourth-order valence-corrected chi connectivity index (χ4v) is 9.39. The van der Waals surface area contributed by atoms with Crippen molar-refractivity contribution in [2.75, 3.05) is 0 Å². The molecule has 0 fully saturated rings. The largest absolute Gasteiger partial charge is 0.464 e. The summed E-state index contributed by atoms with van der Waals surface area (Å²) in [6, 6.07) is 60.1. The number of hydrogen-bond donors (Lipinski definition) is 0. The van der Waals surface area contributed by atoms with Crippen molar-refractivity contribution in [3.05, 3.63) is 192 Å². The molecule has 1 atom stereocenters. The SMILES string of the molecule is c1ccc(-c2cc(-c3ccccc3)cc(-c3cccc4c3Sc3ccccc3C43c4ccccc4-c4c3ccc3occc43)c2)cc1. The van der Waals surface area contributed by atoms with Gasteiger partial charge in [-0.2, -0.15) is 0 Å². The maximum absolute atomic E-state index is 5.94. The fraction of sp³-hybridized carbons (Fsp3) is 0.0222. The van der Waals surface area contributed by atoms with Gasteiger partial charge in [-0.05, 0) is 103 Å². The van der Waals surface area contributed by atoms with Gasteiger partial charge in [-0.3, -0.25) is 0 Å². The molecule has 1 spiro atoms. The Balaban J connectivity index is 1.29. The molecule has 8 aromatic rings. The standard InChI is InChI=1S/C45H28OS/c1-3-12-29(13-4-1)31-26-32(30-14-5-2-6-15-30)28-33(27-31)34-17-11-20-40-44(34)47-42-21-10-9-19-38(42)45(40)37-18-8-7-16-35(37)43-36-24-25-46-41(36)23-22-39(43)45/h1-28H. The molecule has 0 amide bonds. The van der Waals surface area contributed by atoms with Gasteiger partial charge in [0.1, 0.15) is 5.58 Å². The lowest BCUT2D eigenvalue weighted by atomic mass is 9.67. The normalized spacial score (nSPS) is 15.7. The van der Waals surface area contributed by atoms with Crippen molar-refractivity contribution in [2.24, 2.45) is 0 Å². The fourth-order valence-electron chi connectivity index (χ4n) is 8.07. The molecule has 10 rings (SSSR count). The molecule has 0 radical (unpaired) electrons.